The van der Waals surface area contributed by atoms with Crippen molar-refractivity contribution in [2.45, 2.75) is 133 Å². The number of piperidine rings is 1. The van der Waals surface area contributed by atoms with Gasteiger partial charge in [-0.25, -0.2) is 0 Å². The number of carbonyl (C=O) groups is 1. The Morgan fingerprint density at radius 1 is 0.704 bits per heavy atom. The molecule has 156 valence electrons. The molecule has 4 nitrogen and oxygen atoms in total. The number of hydrogen-bond acceptors (Lipinski definition) is 3. The number of nitrogens with one attached hydrogen (secondary N) is 2. The Kier molecular flexibility index (Phi) is 5.99. The normalized spacial score (nSPS) is 30.9. The zero-order chi connectivity index (χ0) is 19.8. The quantitative estimate of drug-likeness (QED) is 0.641. The smallest absolute Gasteiger partial charge is 0.244 e. The molecule has 3 aliphatic rings. The van der Waals surface area contributed by atoms with Crippen LogP contribution < -0.4 is 10.6 Å². The molecule has 0 radical (unpaired) electrons. The minimum Gasteiger partial charge on any atom is -0.326 e. The molecule has 27 heavy (non-hydrogen) atoms. The highest BCUT2D eigenvalue weighted by Gasteiger charge is 2.61. The van der Waals surface area contributed by atoms with E-state index in [2.05, 4.69) is 50.3 Å². The number of amides is 1. The van der Waals surface area contributed by atoms with Gasteiger partial charge in [-0.2, -0.15) is 0 Å². The lowest BCUT2D eigenvalue weighted by atomic mass is 9.70. The lowest BCUT2D eigenvalue weighted by Gasteiger charge is -2.51. The van der Waals surface area contributed by atoms with Crippen molar-refractivity contribution < 1.29 is 4.79 Å². The van der Waals surface area contributed by atoms with E-state index in [4.69, 9.17) is 0 Å². The maximum absolute atomic E-state index is 13.6. The van der Waals surface area contributed by atoms with Gasteiger partial charge in [0.25, 0.3) is 0 Å². The fourth-order valence-corrected chi connectivity index (χ4v) is 6.57. The van der Waals surface area contributed by atoms with Gasteiger partial charge >= 0.3 is 0 Å². The van der Waals surface area contributed by atoms with Gasteiger partial charge in [-0.3, -0.25) is 10.1 Å². The van der Waals surface area contributed by atoms with Gasteiger partial charge in [-0.05, 0) is 66.2 Å². The maximum Gasteiger partial charge on any atom is 0.244 e. The zero-order valence-corrected chi connectivity index (χ0v) is 18.5. The molecule has 0 aromatic carbocycles. The number of nitrogens with zero attached hydrogens (tertiary/aromatic N) is 1. The van der Waals surface area contributed by atoms with Crippen molar-refractivity contribution in [3.8, 4) is 0 Å². The van der Waals surface area contributed by atoms with E-state index in [0.29, 0.717) is 5.91 Å². The Hall–Kier alpha value is -0.610. The summed E-state index contributed by atoms with van der Waals surface area (Å²) >= 11 is 0. The van der Waals surface area contributed by atoms with Gasteiger partial charge in [0, 0.05) is 18.1 Å². The van der Waals surface area contributed by atoms with Crippen molar-refractivity contribution in [1.29, 1.82) is 0 Å². The molecule has 4 heteroatoms. The van der Waals surface area contributed by atoms with E-state index in [1.807, 2.05) is 0 Å². The lowest BCUT2D eigenvalue weighted by Crippen LogP contribution is -2.69. The van der Waals surface area contributed by atoms with Crippen LogP contribution in [0, 0.1) is 0 Å². The summed E-state index contributed by atoms with van der Waals surface area (Å²) in [5, 5.41) is 7.78. The highest BCUT2D eigenvalue weighted by atomic mass is 16.2. The Balaban J connectivity index is 1.85. The molecular formula is C23H43N3O. The van der Waals surface area contributed by atoms with Crippen LogP contribution >= 0.6 is 0 Å². The lowest BCUT2D eigenvalue weighted by molar-refractivity contribution is -0.136. The Morgan fingerprint density at radius 3 is 1.56 bits per heavy atom. The van der Waals surface area contributed by atoms with Gasteiger partial charge in [0.1, 0.15) is 5.54 Å². The minimum atomic E-state index is -0.413. The monoisotopic (exact) mass is 377 g/mol. The number of carbonyl (C=O) groups excluding carboxylic acids is 1. The van der Waals surface area contributed by atoms with Crippen molar-refractivity contribution in [3.63, 3.8) is 0 Å². The zero-order valence-electron chi connectivity index (χ0n) is 18.5. The second-order valence-electron chi connectivity index (χ2n) is 11.0. The predicted molar refractivity (Wildman–Crippen MR) is 113 cm³/mol. The third-order valence-electron chi connectivity index (χ3n) is 7.17. The van der Waals surface area contributed by atoms with Crippen molar-refractivity contribution >= 4 is 5.91 Å². The number of rotatable bonds is 0. The van der Waals surface area contributed by atoms with Crippen LogP contribution in [0.25, 0.3) is 0 Å². The summed E-state index contributed by atoms with van der Waals surface area (Å²) in [7, 11) is 2.07. The first kappa shape index (κ1) is 21.1. The molecule has 0 aromatic rings. The molecule has 2 spiro atoms. The van der Waals surface area contributed by atoms with Gasteiger partial charge in [-0.1, -0.05) is 44.9 Å². The van der Waals surface area contributed by atoms with Crippen LogP contribution in [0.15, 0.2) is 0 Å². The average Bonchev–Trinajstić information content (AvgIpc) is 2.70. The van der Waals surface area contributed by atoms with Crippen LogP contribution in [0.4, 0.5) is 0 Å². The van der Waals surface area contributed by atoms with E-state index in [1.54, 1.807) is 0 Å². The summed E-state index contributed by atoms with van der Waals surface area (Å²) in [6.45, 7) is 8.99. The van der Waals surface area contributed by atoms with Crippen LogP contribution in [0.5, 0.6) is 0 Å². The topological polar surface area (TPSA) is 44.4 Å². The highest BCUT2D eigenvalue weighted by molar-refractivity contribution is 5.90. The standard InChI is InChI=1S/C23H43N3O/c1-20(2)17-22(18-21(3,4)24-20)19(27)26(5)23(25-22)15-13-11-9-7-6-8-10-12-14-16-23/h24-25H,6-18H2,1-5H3. The second-order valence-corrected chi connectivity index (χ2v) is 11.0. The summed E-state index contributed by atoms with van der Waals surface area (Å²) in [5.74, 6) is 0.331. The van der Waals surface area contributed by atoms with Crippen LogP contribution in [0.2, 0.25) is 0 Å². The molecule has 0 bridgehead atoms. The average molecular weight is 378 g/mol. The molecule has 3 fully saturated rings. The van der Waals surface area contributed by atoms with Crippen LogP contribution in [0.1, 0.15) is 111 Å². The van der Waals surface area contributed by atoms with E-state index in [-0.39, 0.29) is 16.7 Å². The Labute approximate surface area is 167 Å². The number of likely N-dealkylation sites (N-methyl/N-ethyl adjacent to an activating group) is 1. The first-order valence-electron chi connectivity index (χ1n) is 11.5. The first-order chi connectivity index (χ1) is 12.6. The van der Waals surface area contributed by atoms with Crippen LogP contribution in [-0.4, -0.2) is 40.1 Å². The van der Waals surface area contributed by atoms with Crippen LogP contribution in [0.3, 0.4) is 0 Å². The fourth-order valence-electron chi connectivity index (χ4n) is 6.57. The van der Waals surface area contributed by atoms with Crippen LogP contribution in [-0.2, 0) is 4.79 Å². The van der Waals surface area contributed by atoms with Gasteiger partial charge < -0.3 is 10.2 Å². The summed E-state index contributed by atoms with van der Waals surface area (Å²) in [6.07, 6.45) is 15.9. The van der Waals surface area contributed by atoms with Gasteiger partial charge in [0.05, 0.1) is 5.66 Å². The van der Waals surface area contributed by atoms with Crippen molar-refractivity contribution in [2.75, 3.05) is 7.05 Å². The van der Waals surface area contributed by atoms with Crippen molar-refractivity contribution in [3.05, 3.63) is 0 Å². The molecule has 2 N–H and O–H groups in total. The molecule has 2 aliphatic heterocycles. The molecule has 0 aromatic heterocycles. The van der Waals surface area contributed by atoms with Crippen molar-refractivity contribution in [2.24, 2.45) is 0 Å². The Bertz CT molecular complexity index is 512. The molecular weight excluding hydrogens is 334 g/mol. The van der Waals surface area contributed by atoms with Gasteiger partial charge in [0.2, 0.25) is 5.91 Å². The van der Waals surface area contributed by atoms with E-state index in [1.165, 1.54) is 57.8 Å². The minimum absolute atomic E-state index is 0.0395. The van der Waals surface area contributed by atoms with E-state index < -0.39 is 5.54 Å². The third-order valence-corrected chi connectivity index (χ3v) is 7.17. The first-order valence-corrected chi connectivity index (χ1v) is 11.5. The predicted octanol–water partition coefficient (Wildman–Crippen LogP) is 4.73. The molecule has 1 saturated carbocycles. The molecule has 0 unspecified atom stereocenters. The largest absolute Gasteiger partial charge is 0.326 e. The van der Waals surface area contributed by atoms with Gasteiger partial charge in [0.15, 0.2) is 0 Å². The van der Waals surface area contributed by atoms with E-state index in [9.17, 15) is 4.79 Å². The molecule has 1 amide bonds. The van der Waals surface area contributed by atoms with E-state index >= 15 is 0 Å². The fraction of sp³-hybridized carbons (Fsp3) is 0.957. The molecule has 0 atom stereocenters. The molecule has 2 heterocycles. The van der Waals surface area contributed by atoms with Crippen molar-refractivity contribution in [1.82, 2.24) is 15.5 Å². The van der Waals surface area contributed by atoms with E-state index in [0.717, 1.165) is 25.7 Å². The highest BCUT2D eigenvalue weighted by Crippen LogP contribution is 2.45. The van der Waals surface area contributed by atoms with Gasteiger partial charge in [-0.15, -0.1) is 0 Å². The SMILES string of the molecule is CN1C(=O)C2(CC(C)(C)NC(C)(C)C2)NC12CCCCCCCCCCC2. The Morgan fingerprint density at radius 2 is 1.11 bits per heavy atom. The maximum atomic E-state index is 13.6. The molecule has 1 aliphatic carbocycles. The summed E-state index contributed by atoms with van der Waals surface area (Å²) in [5.41, 5.74) is -0.631. The molecule has 2 saturated heterocycles. The summed E-state index contributed by atoms with van der Waals surface area (Å²) in [6, 6.07) is 0. The number of hydrogen-bond donors (Lipinski definition) is 2. The third kappa shape index (κ3) is 4.53. The summed E-state index contributed by atoms with van der Waals surface area (Å²) in [4.78, 5) is 15.8. The molecule has 3 rings (SSSR count). The second kappa shape index (κ2) is 7.67. The summed E-state index contributed by atoms with van der Waals surface area (Å²) < 4.78 is 0.